The largest absolute Gasteiger partial charge is 0.385 e. The first-order chi connectivity index (χ1) is 9.98. The second kappa shape index (κ2) is 10.5. The standard InChI is InChI=1S/C15H28N4O2.2ClH/c1-13-9-14(2)19(17-13)7-4-6-18(3)11-15(20)10-16-5-8-21-12-15;;/h9,16,20H,4-8,10-12H2,1-3H3;2*1H. The van der Waals surface area contributed by atoms with Gasteiger partial charge in [0.2, 0.25) is 0 Å². The molecule has 0 aliphatic carbocycles. The second-order valence-electron chi connectivity index (χ2n) is 6.20. The molecule has 136 valence electrons. The van der Waals surface area contributed by atoms with Crippen LogP contribution < -0.4 is 5.32 Å². The Bertz CT molecular complexity index is 449. The number of ether oxygens (including phenoxy) is 1. The van der Waals surface area contributed by atoms with E-state index in [1.54, 1.807) is 0 Å². The monoisotopic (exact) mass is 368 g/mol. The summed E-state index contributed by atoms with van der Waals surface area (Å²) in [5, 5.41) is 18.2. The van der Waals surface area contributed by atoms with E-state index in [1.807, 2.05) is 18.7 Å². The van der Waals surface area contributed by atoms with Gasteiger partial charge in [-0.3, -0.25) is 4.68 Å². The summed E-state index contributed by atoms with van der Waals surface area (Å²) >= 11 is 0. The summed E-state index contributed by atoms with van der Waals surface area (Å²) in [6.07, 6.45) is 1.02. The molecule has 0 saturated carbocycles. The van der Waals surface area contributed by atoms with E-state index < -0.39 is 5.60 Å². The highest BCUT2D eigenvalue weighted by molar-refractivity contribution is 5.85. The molecule has 1 atom stereocenters. The zero-order valence-corrected chi connectivity index (χ0v) is 15.9. The topological polar surface area (TPSA) is 62.5 Å². The van der Waals surface area contributed by atoms with Crippen LogP contribution in [0.15, 0.2) is 6.07 Å². The van der Waals surface area contributed by atoms with E-state index in [1.165, 1.54) is 5.69 Å². The average molecular weight is 369 g/mol. The summed E-state index contributed by atoms with van der Waals surface area (Å²) in [6.45, 7) is 9.05. The molecule has 1 aliphatic rings. The molecule has 8 heteroatoms. The average Bonchev–Trinajstić information content (AvgIpc) is 2.60. The summed E-state index contributed by atoms with van der Waals surface area (Å²) in [4.78, 5) is 2.17. The highest BCUT2D eigenvalue weighted by Gasteiger charge is 2.30. The maximum atomic E-state index is 10.5. The van der Waals surface area contributed by atoms with Crippen molar-refractivity contribution in [2.75, 3.05) is 46.4 Å². The summed E-state index contributed by atoms with van der Waals surface area (Å²) in [5.74, 6) is 0. The van der Waals surface area contributed by atoms with Crippen LogP contribution in [0, 0.1) is 13.8 Å². The fraction of sp³-hybridized carbons (Fsp3) is 0.800. The van der Waals surface area contributed by atoms with E-state index >= 15 is 0 Å². The Labute approximate surface area is 151 Å². The van der Waals surface area contributed by atoms with Crippen LogP contribution in [0.5, 0.6) is 0 Å². The van der Waals surface area contributed by atoms with Gasteiger partial charge < -0.3 is 20.1 Å². The Morgan fingerprint density at radius 2 is 2.17 bits per heavy atom. The minimum atomic E-state index is -0.788. The number of hydrogen-bond donors (Lipinski definition) is 2. The van der Waals surface area contributed by atoms with Crippen molar-refractivity contribution >= 4 is 24.8 Å². The van der Waals surface area contributed by atoms with Gasteiger partial charge in [0.25, 0.3) is 0 Å². The number of hydrogen-bond acceptors (Lipinski definition) is 5. The first-order valence-electron chi connectivity index (χ1n) is 7.69. The molecule has 1 saturated heterocycles. The number of nitrogens with one attached hydrogen (secondary N) is 1. The van der Waals surface area contributed by atoms with E-state index in [0.29, 0.717) is 26.3 Å². The van der Waals surface area contributed by atoms with E-state index in [4.69, 9.17) is 4.74 Å². The number of nitrogens with zero attached hydrogens (tertiary/aromatic N) is 3. The summed E-state index contributed by atoms with van der Waals surface area (Å²) in [5.41, 5.74) is 1.48. The van der Waals surface area contributed by atoms with Gasteiger partial charge >= 0.3 is 0 Å². The van der Waals surface area contributed by atoms with Crippen molar-refractivity contribution in [2.45, 2.75) is 32.4 Å². The van der Waals surface area contributed by atoms with Crippen molar-refractivity contribution in [3.63, 3.8) is 0 Å². The van der Waals surface area contributed by atoms with Crippen LogP contribution in [0.1, 0.15) is 17.8 Å². The van der Waals surface area contributed by atoms with Crippen LogP contribution in [-0.2, 0) is 11.3 Å². The zero-order valence-electron chi connectivity index (χ0n) is 14.2. The zero-order chi connectivity index (χ0) is 15.3. The predicted molar refractivity (Wildman–Crippen MR) is 96.9 cm³/mol. The number of halogens is 2. The molecule has 1 fully saturated rings. The van der Waals surface area contributed by atoms with Gasteiger partial charge in [0, 0.05) is 31.9 Å². The lowest BCUT2D eigenvalue weighted by Gasteiger charge is -2.30. The van der Waals surface area contributed by atoms with Crippen LogP contribution >= 0.6 is 24.8 Å². The van der Waals surface area contributed by atoms with Crippen molar-refractivity contribution in [1.29, 1.82) is 0 Å². The number of likely N-dealkylation sites (N-methyl/N-ethyl adjacent to an activating group) is 1. The second-order valence-corrected chi connectivity index (χ2v) is 6.20. The predicted octanol–water partition coefficient (Wildman–Crippen LogP) is 1.02. The van der Waals surface area contributed by atoms with Crippen molar-refractivity contribution < 1.29 is 9.84 Å². The van der Waals surface area contributed by atoms with E-state index in [-0.39, 0.29) is 24.8 Å². The van der Waals surface area contributed by atoms with Crippen LogP contribution in [0.2, 0.25) is 0 Å². The van der Waals surface area contributed by atoms with Gasteiger partial charge in [0.15, 0.2) is 0 Å². The number of aliphatic hydroxyl groups is 1. The molecule has 0 radical (unpaired) electrons. The Morgan fingerprint density at radius 3 is 2.83 bits per heavy atom. The summed E-state index contributed by atoms with van der Waals surface area (Å²) in [7, 11) is 2.05. The Kier molecular flexibility index (Phi) is 10.3. The highest BCUT2D eigenvalue weighted by atomic mass is 35.5. The Hall–Kier alpha value is -0.370. The fourth-order valence-electron chi connectivity index (χ4n) is 2.85. The number of rotatable bonds is 6. The molecular weight excluding hydrogens is 339 g/mol. The minimum absolute atomic E-state index is 0. The molecule has 0 spiro atoms. The van der Waals surface area contributed by atoms with Crippen molar-refractivity contribution in [1.82, 2.24) is 20.0 Å². The molecule has 1 aromatic rings. The maximum absolute atomic E-state index is 10.5. The van der Waals surface area contributed by atoms with Gasteiger partial charge in [-0.15, -0.1) is 24.8 Å². The van der Waals surface area contributed by atoms with E-state index in [2.05, 4.69) is 28.3 Å². The summed E-state index contributed by atoms with van der Waals surface area (Å²) < 4.78 is 7.50. The molecule has 2 N–H and O–H groups in total. The van der Waals surface area contributed by atoms with Crippen molar-refractivity contribution in [3.05, 3.63) is 17.5 Å². The van der Waals surface area contributed by atoms with Gasteiger partial charge in [-0.25, -0.2) is 0 Å². The molecule has 6 nitrogen and oxygen atoms in total. The van der Waals surface area contributed by atoms with E-state index in [9.17, 15) is 5.11 Å². The van der Waals surface area contributed by atoms with Crippen LogP contribution in [0.4, 0.5) is 0 Å². The number of aryl methyl sites for hydroxylation is 3. The normalized spacial score (nSPS) is 21.4. The number of aromatic nitrogens is 2. The van der Waals surface area contributed by atoms with Crippen LogP contribution in [0.25, 0.3) is 0 Å². The molecule has 23 heavy (non-hydrogen) atoms. The van der Waals surface area contributed by atoms with Gasteiger partial charge in [0.05, 0.1) is 18.9 Å². The molecule has 0 aromatic carbocycles. The molecule has 2 heterocycles. The lowest BCUT2D eigenvalue weighted by Crippen LogP contribution is -2.50. The third-order valence-corrected chi connectivity index (χ3v) is 3.83. The molecule has 2 rings (SSSR count). The van der Waals surface area contributed by atoms with Gasteiger partial charge in [-0.2, -0.15) is 5.10 Å². The summed E-state index contributed by atoms with van der Waals surface area (Å²) in [6, 6.07) is 2.10. The maximum Gasteiger partial charge on any atom is 0.113 e. The van der Waals surface area contributed by atoms with E-state index in [0.717, 1.165) is 31.7 Å². The Balaban J connectivity index is 0.00000242. The van der Waals surface area contributed by atoms with Crippen molar-refractivity contribution in [2.24, 2.45) is 0 Å². The third-order valence-electron chi connectivity index (χ3n) is 3.83. The minimum Gasteiger partial charge on any atom is -0.385 e. The smallest absolute Gasteiger partial charge is 0.113 e. The van der Waals surface area contributed by atoms with Gasteiger partial charge in [-0.05, 0) is 39.9 Å². The van der Waals surface area contributed by atoms with Crippen molar-refractivity contribution in [3.8, 4) is 0 Å². The molecule has 1 unspecified atom stereocenters. The third kappa shape index (κ3) is 7.37. The van der Waals surface area contributed by atoms with Gasteiger partial charge in [0.1, 0.15) is 5.60 Å². The Morgan fingerprint density at radius 1 is 1.43 bits per heavy atom. The fourth-order valence-corrected chi connectivity index (χ4v) is 2.85. The van der Waals surface area contributed by atoms with Crippen LogP contribution in [-0.4, -0.2) is 71.8 Å². The quantitative estimate of drug-likeness (QED) is 0.784. The first-order valence-corrected chi connectivity index (χ1v) is 7.69. The lowest BCUT2D eigenvalue weighted by atomic mass is 10.1. The highest BCUT2D eigenvalue weighted by Crippen LogP contribution is 2.10. The molecular formula is C15H30Cl2N4O2. The van der Waals surface area contributed by atoms with Crippen LogP contribution in [0.3, 0.4) is 0 Å². The van der Waals surface area contributed by atoms with Gasteiger partial charge in [-0.1, -0.05) is 0 Å². The molecule has 0 bridgehead atoms. The molecule has 1 aromatic heterocycles. The SMILES string of the molecule is Cc1cc(C)n(CCCN(C)CC2(O)CNCCOC2)n1.Cl.Cl. The molecule has 1 aliphatic heterocycles. The lowest BCUT2D eigenvalue weighted by molar-refractivity contribution is -0.0452. The number of β-amino-alcohol motifs (C(OH)–C–C–N with tert-alkyl or cyclic N) is 1. The molecule has 0 amide bonds. The first kappa shape index (κ1) is 22.6.